The fraction of sp³-hybridized carbons (Fsp3) is 0.250. The van der Waals surface area contributed by atoms with Crippen LogP contribution in [0.5, 0.6) is 0 Å². The second kappa shape index (κ2) is 7.63. The largest absolute Gasteiger partial charge is 0.458 e. The highest BCUT2D eigenvalue weighted by Crippen LogP contribution is 2.40. The fourth-order valence-corrected chi connectivity index (χ4v) is 3.81. The molecule has 7 nitrogen and oxygen atoms in total. The molecule has 0 bridgehead atoms. The third-order valence-corrected chi connectivity index (χ3v) is 5.21. The van der Waals surface area contributed by atoms with Crippen molar-refractivity contribution in [1.29, 1.82) is 0 Å². The fourth-order valence-electron chi connectivity index (χ4n) is 3.39. The maximum atomic E-state index is 13.1. The molecule has 1 aromatic carbocycles. The van der Waals surface area contributed by atoms with Gasteiger partial charge >= 0.3 is 11.7 Å². The molecule has 1 aliphatic heterocycles. The molecule has 0 amide bonds. The number of halogens is 1. The summed E-state index contributed by atoms with van der Waals surface area (Å²) < 4.78 is 8.50. The molecule has 1 aromatic heterocycles. The average molecular weight is 446 g/mol. The lowest BCUT2D eigenvalue weighted by atomic mass is 9.82. The van der Waals surface area contributed by atoms with Gasteiger partial charge in [-0.2, -0.15) is 0 Å². The van der Waals surface area contributed by atoms with Gasteiger partial charge in [0, 0.05) is 24.3 Å². The molecule has 3 rings (SSSR count). The van der Waals surface area contributed by atoms with Crippen molar-refractivity contribution in [3.05, 3.63) is 84.6 Å². The molecule has 28 heavy (non-hydrogen) atoms. The zero-order chi connectivity index (χ0) is 20.6. The smallest absolute Gasteiger partial charge is 0.337 e. The van der Waals surface area contributed by atoms with Gasteiger partial charge in [-0.05, 0) is 24.6 Å². The number of allylic oxidation sites excluding steroid dienone is 1. The van der Waals surface area contributed by atoms with Crippen molar-refractivity contribution >= 4 is 27.7 Å². The van der Waals surface area contributed by atoms with E-state index in [-0.39, 0.29) is 6.61 Å². The number of rotatable bonds is 4. The van der Waals surface area contributed by atoms with E-state index in [4.69, 9.17) is 4.74 Å². The molecule has 0 aliphatic carbocycles. The SMILES string of the molecule is C=CCOC(=O)C1=C(C)Nc2c(c(=O)n(C)c(=O)n2C)[C@H]1c1cccc(Br)c1. The highest BCUT2D eigenvalue weighted by molar-refractivity contribution is 9.10. The summed E-state index contributed by atoms with van der Waals surface area (Å²) in [5.74, 6) is -0.858. The topological polar surface area (TPSA) is 82.3 Å². The molecule has 146 valence electrons. The van der Waals surface area contributed by atoms with Gasteiger partial charge in [0.15, 0.2) is 0 Å². The quantitative estimate of drug-likeness (QED) is 0.576. The molecule has 8 heteroatoms. The Labute approximate surface area is 170 Å². The second-order valence-corrected chi connectivity index (χ2v) is 7.42. The molecule has 0 saturated heterocycles. The van der Waals surface area contributed by atoms with Crippen LogP contribution in [0.4, 0.5) is 5.82 Å². The predicted octanol–water partition coefficient (Wildman–Crippen LogP) is 2.41. The van der Waals surface area contributed by atoms with Crippen molar-refractivity contribution < 1.29 is 9.53 Å². The normalized spacial score (nSPS) is 15.6. The van der Waals surface area contributed by atoms with Gasteiger partial charge in [0.2, 0.25) is 0 Å². The summed E-state index contributed by atoms with van der Waals surface area (Å²) in [6.07, 6.45) is 1.48. The maximum absolute atomic E-state index is 13.1. The van der Waals surface area contributed by atoms with Crippen LogP contribution in [0.25, 0.3) is 0 Å². The average Bonchev–Trinajstić information content (AvgIpc) is 2.67. The number of nitrogens with one attached hydrogen (secondary N) is 1. The number of hydrogen-bond donors (Lipinski definition) is 1. The summed E-state index contributed by atoms with van der Waals surface area (Å²) in [5, 5.41) is 3.05. The van der Waals surface area contributed by atoms with Crippen LogP contribution in [-0.2, 0) is 23.6 Å². The van der Waals surface area contributed by atoms with Crippen LogP contribution in [-0.4, -0.2) is 21.7 Å². The van der Waals surface area contributed by atoms with Crippen LogP contribution in [0.1, 0.15) is 24.0 Å². The first kappa shape index (κ1) is 19.9. The Morgan fingerprint density at radius 2 is 2.04 bits per heavy atom. The lowest BCUT2D eigenvalue weighted by molar-refractivity contribution is -0.138. The number of esters is 1. The molecule has 1 N–H and O–H groups in total. The number of ether oxygens (including phenoxy) is 1. The predicted molar refractivity (Wildman–Crippen MR) is 110 cm³/mol. The number of nitrogens with zero attached hydrogens (tertiary/aromatic N) is 2. The van der Waals surface area contributed by atoms with E-state index < -0.39 is 23.1 Å². The van der Waals surface area contributed by atoms with E-state index in [0.29, 0.717) is 22.7 Å². The van der Waals surface area contributed by atoms with E-state index in [1.807, 2.05) is 24.3 Å². The first-order chi connectivity index (χ1) is 13.3. The van der Waals surface area contributed by atoms with E-state index in [2.05, 4.69) is 27.8 Å². The standard InChI is InChI=1S/C20H20BrN3O4/c1-5-9-28-19(26)14-11(2)22-17-16(18(25)24(4)20(27)23(17)3)15(14)12-7-6-8-13(21)10-12/h5-8,10,15,22H,1,9H2,2-4H3/t15-/m0/s1. The van der Waals surface area contributed by atoms with Crippen molar-refractivity contribution in [2.24, 2.45) is 14.1 Å². The molecular weight excluding hydrogens is 426 g/mol. The van der Waals surface area contributed by atoms with Gasteiger partial charge in [-0.15, -0.1) is 0 Å². The Kier molecular flexibility index (Phi) is 5.42. The minimum atomic E-state index is -0.684. The Morgan fingerprint density at radius 1 is 1.32 bits per heavy atom. The van der Waals surface area contributed by atoms with Crippen LogP contribution in [0.3, 0.4) is 0 Å². The monoisotopic (exact) mass is 445 g/mol. The van der Waals surface area contributed by atoms with Gasteiger partial charge in [-0.1, -0.05) is 40.7 Å². The summed E-state index contributed by atoms with van der Waals surface area (Å²) in [6, 6.07) is 7.37. The van der Waals surface area contributed by atoms with E-state index in [1.54, 1.807) is 14.0 Å². The summed E-state index contributed by atoms with van der Waals surface area (Å²) >= 11 is 3.44. The number of anilines is 1. The molecular formula is C20H20BrN3O4. The number of aromatic nitrogens is 2. The number of benzene rings is 1. The number of fused-ring (bicyclic) bond motifs is 1. The minimum absolute atomic E-state index is 0.0545. The van der Waals surface area contributed by atoms with Gasteiger partial charge in [0.1, 0.15) is 12.4 Å². The van der Waals surface area contributed by atoms with Crippen molar-refractivity contribution in [1.82, 2.24) is 9.13 Å². The van der Waals surface area contributed by atoms with Gasteiger partial charge in [-0.25, -0.2) is 9.59 Å². The van der Waals surface area contributed by atoms with Crippen LogP contribution in [0, 0.1) is 0 Å². The summed E-state index contributed by atoms with van der Waals surface area (Å²) in [4.78, 5) is 38.3. The molecule has 0 spiro atoms. The summed E-state index contributed by atoms with van der Waals surface area (Å²) in [7, 11) is 3.00. The highest BCUT2D eigenvalue weighted by Gasteiger charge is 2.37. The first-order valence-electron chi connectivity index (χ1n) is 8.59. The molecule has 0 unspecified atom stereocenters. The Bertz CT molecular complexity index is 1130. The Morgan fingerprint density at radius 3 is 2.68 bits per heavy atom. The van der Waals surface area contributed by atoms with Crippen molar-refractivity contribution in [2.75, 3.05) is 11.9 Å². The third-order valence-electron chi connectivity index (χ3n) is 4.72. The van der Waals surface area contributed by atoms with E-state index >= 15 is 0 Å². The van der Waals surface area contributed by atoms with Crippen molar-refractivity contribution in [2.45, 2.75) is 12.8 Å². The van der Waals surface area contributed by atoms with E-state index in [0.717, 1.165) is 14.6 Å². The molecule has 0 radical (unpaired) electrons. The van der Waals surface area contributed by atoms with Crippen LogP contribution < -0.4 is 16.6 Å². The summed E-state index contributed by atoms with van der Waals surface area (Å²) in [6.45, 7) is 5.34. The molecule has 2 aromatic rings. The van der Waals surface area contributed by atoms with E-state index in [9.17, 15) is 14.4 Å². The van der Waals surface area contributed by atoms with E-state index in [1.165, 1.54) is 17.7 Å². The van der Waals surface area contributed by atoms with Crippen LogP contribution >= 0.6 is 15.9 Å². The van der Waals surface area contributed by atoms with Gasteiger partial charge in [0.25, 0.3) is 5.56 Å². The number of carbonyl (C=O) groups excluding carboxylic acids is 1. The van der Waals surface area contributed by atoms with Gasteiger partial charge in [-0.3, -0.25) is 13.9 Å². The molecule has 0 fully saturated rings. The van der Waals surface area contributed by atoms with Crippen LogP contribution in [0.2, 0.25) is 0 Å². The van der Waals surface area contributed by atoms with Gasteiger partial charge in [0.05, 0.1) is 17.1 Å². The first-order valence-corrected chi connectivity index (χ1v) is 9.38. The third kappa shape index (κ3) is 3.24. The number of hydrogen-bond acceptors (Lipinski definition) is 5. The Balaban J connectivity index is 2.35. The minimum Gasteiger partial charge on any atom is -0.458 e. The van der Waals surface area contributed by atoms with Crippen LogP contribution in [0.15, 0.2) is 62.3 Å². The summed E-state index contributed by atoms with van der Waals surface area (Å²) in [5.41, 5.74) is 0.987. The molecule has 1 atom stereocenters. The zero-order valence-electron chi connectivity index (χ0n) is 15.8. The van der Waals surface area contributed by atoms with Gasteiger partial charge < -0.3 is 10.1 Å². The second-order valence-electron chi connectivity index (χ2n) is 6.51. The highest BCUT2D eigenvalue weighted by atomic mass is 79.9. The van der Waals surface area contributed by atoms with Crippen molar-refractivity contribution in [3.63, 3.8) is 0 Å². The maximum Gasteiger partial charge on any atom is 0.337 e. The zero-order valence-corrected chi connectivity index (χ0v) is 17.4. The Hall–Kier alpha value is -2.87. The molecule has 1 aliphatic rings. The lowest BCUT2D eigenvalue weighted by Gasteiger charge is -2.30. The lowest BCUT2D eigenvalue weighted by Crippen LogP contribution is -2.43. The number of carbonyl (C=O) groups is 1. The van der Waals surface area contributed by atoms with Crippen molar-refractivity contribution in [3.8, 4) is 0 Å². The molecule has 0 saturated carbocycles. The molecule has 2 heterocycles.